The average molecular weight is 460 g/mol. The van der Waals surface area contributed by atoms with Crippen LogP contribution in [0.25, 0.3) is 5.57 Å². The number of fused-ring (bicyclic) bond motifs is 1. The Morgan fingerprint density at radius 1 is 0.794 bits per heavy atom. The van der Waals surface area contributed by atoms with Crippen LogP contribution in [0.3, 0.4) is 0 Å². The molecule has 7 heteroatoms. The zero-order valence-electron chi connectivity index (χ0n) is 19.1. The Balaban J connectivity index is 1.90. The van der Waals surface area contributed by atoms with Crippen molar-refractivity contribution in [3.05, 3.63) is 89.0 Å². The van der Waals surface area contributed by atoms with Gasteiger partial charge in [-0.05, 0) is 41.5 Å². The lowest BCUT2D eigenvalue weighted by Crippen LogP contribution is -2.15. The Kier molecular flexibility index (Phi) is 6.82. The molecular formula is C27H24O7. The Bertz CT molecular complexity index is 1250. The first-order valence-corrected chi connectivity index (χ1v) is 10.6. The van der Waals surface area contributed by atoms with Crippen molar-refractivity contribution in [2.45, 2.75) is 6.42 Å². The van der Waals surface area contributed by atoms with Gasteiger partial charge in [0.1, 0.15) is 0 Å². The number of allylic oxidation sites excluding steroid dienone is 1. The van der Waals surface area contributed by atoms with E-state index in [4.69, 9.17) is 23.7 Å². The minimum Gasteiger partial charge on any atom is -0.493 e. The van der Waals surface area contributed by atoms with Crippen LogP contribution >= 0.6 is 0 Å². The summed E-state index contributed by atoms with van der Waals surface area (Å²) in [5.74, 6) is 1.02. The molecule has 0 atom stereocenters. The SMILES string of the molecule is COC(=O)/C(=C(/Cc1ccccc1)C(=O)c1ccc(OC)c(OC)c1)c1ccc2c(c1)OCO2. The third-order valence-electron chi connectivity index (χ3n) is 5.50. The number of rotatable bonds is 8. The molecule has 34 heavy (non-hydrogen) atoms. The summed E-state index contributed by atoms with van der Waals surface area (Å²) in [6.07, 6.45) is 0.215. The highest BCUT2D eigenvalue weighted by Gasteiger charge is 2.27. The number of carbonyl (C=O) groups excluding carboxylic acids is 2. The van der Waals surface area contributed by atoms with Gasteiger partial charge in [-0.2, -0.15) is 0 Å². The third-order valence-corrected chi connectivity index (χ3v) is 5.50. The van der Waals surface area contributed by atoms with Gasteiger partial charge in [-0.25, -0.2) is 4.79 Å². The largest absolute Gasteiger partial charge is 0.493 e. The Hall–Kier alpha value is -4.26. The number of ketones is 1. The topological polar surface area (TPSA) is 80.3 Å². The summed E-state index contributed by atoms with van der Waals surface area (Å²) in [4.78, 5) is 26.9. The lowest BCUT2D eigenvalue weighted by molar-refractivity contribution is -0.133. The molecule has 0 amide bonds. The minimum absolute atomic E-state index is 0.0947. The van der Waals surface area contributed by atoms with Crippen LogP contribution in [0, 0.1) is 0 Å². The minimum atomic E-state index is -0.626. The maximum atomic E-state index is 13.9. The van der Waals surface area contributed by atoms with E-state index in [-0.39, 0.29) is 30.1 Å². The first-order valence-electron chi connectivity index (χ1n) is 10.6. The van der Waals surface area contributed by atoms with Gasteiger partial charge in [0.05, 0.1) is 26.9 Å². The van der Waals surface area contributed by atoms with Gasteiger partial charge >= 0.3 is 5.97 Å². The van der Waals surface area contributed by atoms with Crippen LogP contribution in [0.5, 0.6) is 23.0 Å². The molecular weight excluding hydrogens is 436 g/mol. The monoisotopic (exact) mass is 460 g/mol. The second-order valence-corrected chi connectivity index (χ2v) is 7.47. The van der Waals surface area contributed by atoms with E-state index in [1.54, 1.807) is 36.4 Å². The molecule has 0 radical (unpaired) electrons. The Morgan fingerprint density at radius 2 is 1.50 bits per heavy atom. The second kappa shape index (κ2) is 10.1. The highest BCUT2D eigenvalue weighted by molar-refractivity contribution is 6.27. The van der Waals surface area contributed by atoms with E-state index in [1.807, 2.05) is 30.3 Å². The second-order valence-electron chi connectivity index (χ2n) is 7.47. The number of hydrogen-bond donors (Lipinski definition) is 0. The van der Waals surface area contributed by atoms with Gasteiger partial charge in [0.15, 0.2) is 28.8 Å². The number of hydrogen-bond acceptors (Lipinski definition) is 7. The number of methoxy groups -OCH3 is 3. The van der Waals surface area contributed by atoms with Gasteiger partial charge in [0.2, 0.25) is 6.79 Å². The maximum absolute atomic E-state index is 13.9. The molecule has 0 saturated carbocycles. The van der Waals surface area contributed by atoms with Gasteiger partial charge in [-0.3, -0.25) is 4.79 Å². The van der Waals surface area contributed by atoms with Crippen molar-refractivity contribution in [1.29, 1.82) is 0 Å². The number of Topliss-reactive ketones (excluding diaryl/α,β-unsaturated/α-hetero) is 1. The van der Waals surface area contributed by atoms with Crippen molar-refractivity contribution < 1.29 is 33.3 Å². The quantitative estimate of drug-likeness (QED) is 0.278. The number of ether oxygens (including phenoxy) is 5. The summed E-state index contributed by atoms with van der Waals surface area (Å²) in [5, 5.41) is 0. The smallest absolute Gasteiger partial charge is 0.338 e. The maximum Gasteiger partial charge on any atom is 0.338 e. The first kappa shape index (κ1) is 22.9. The molecule has 0 bridgehead atoms. The summed E-state index contributed by atoms with van der Waals surface area (Å²) in [6, 6.07) is 19.5. The molecule has 3 aromatic carbocycles. The van der Waals surface area contributed by atoms with E-state index >= 15 is 0 Å². The van der Waals surface area contributed by atoms with Gasteiger partial charge in [-0.1, -0.05) is 36.4 Å². The average Bonchev–Trinajstić information content (AvgIpc) is 3.36. The normalized spacial score (nSPS) is 12.6. The lowest BCUT2D eigenvalue weighted by Gasteiger charge is -2.16. The predicted octanol–water partition coefficient (Wildman–Crippen LogP) is 4.48. The number of benzene rings is 3. The molecule has 0 saturated heterocycles. The first-order chi connectivity index (χ1) is 16.5. The zero-order chi connectivity index (χ0) is 24.1. The van der Waals surface area contributed by atoms with Crippen LogP contribution in [-0.2, 0) is 16.0 Å². The van der Waals surface area contributed by atoms with Crippen molar-refractivity contribution in [2.24, 2.45) is 0 Å². The third kappa shape index (κ3) is 4.59. The van der Waals surface area contributed by atoms with Gasteiger partial charge in [0, 0.05) is 17.6 Å². The van der Waals surface area contributed by atoms with E-state index in [2.05, 4.69) is 0 Å². The molecule has 0 fully saturated rings. The van der Waals surface area contributed by atoms with Crippen LogP contribution in [0.4, 0.5) is 0 Å². The summed E-state index contributed by atoms with van der Waals surface area (Å²) >= 11 is 0. The molecule has 174 valence electrons. The molecule has 0 aliphatic carbocycles. The fourth-order valence-electron chi connectivity index (χ4n) is 3.80. The van der Waals surface area contributed by atoms with Gasteiger partial charge < -0.3 is 23.7 Å². The summed E-state index contributed by atoms with van der Waals surface area (Å²) < 4.78 is 26.7. The molecule has 0 aromatic heterocycles. The van der Waals surface area contributed by atoms with Crippen molar-refractivity contribution in [1.82, 2.24) is 0 Å². The van der Waals surface area contributed by atoms with Crippen LogP contribution in [-0.4, -0.2) is 39.9 Å². The lowest BCUT2D eigenvalue weighted by atomic mass is 9.89. The van der Waals surface area contributed by atoms with Crippen molar-refractivity contribution >= 4 is 17.3 Å². The van der Waals surface area contributed by atoms with E-state index in [1.165, 1.54) is 21.3 Å². The van der Waals surface area contributed by atoms with Gasteiger partial charge in [-0.15, -0.1) is 0 Å². The molecule has 0 N–H and O–H groups in total. The number of carbonyl (C=O) groups is 2. The highest BCUT2D eigenvalue weighted by atomic mass is 16.7. The van der Waals surface area contributed by atoms with Crippen LogP contribution < -0.4 is 18.9 Å². The van der Waals surface area contributed by atoms with E-state index in [9.17, 15) is 9.59 Å². The highest BCUT2D eigenvalue weighted by Crippen LogP contribution is 2.37. The van der Waals surface area contributed by atoms with Crippen LogP contribution in [0.15, 0.2) is 72.3 Å². The molecule has 1 heterocycles. The standard InChI is InChI=1S/C27H24O7/c1-30-21-11-10-19(15-23(21)31-2)26(28)20(13-17-7-5-4-6-8-17)25(27(29)32-3)18-9-12-22-24(14-18)34-16-33-22/h4-12,14-15H,13,16H2,1-3H3/b25-20-. The Morgan fingerprint density at radius 3 is 2.21 bits per heavy atom. The molecule has 0 spiro atoms. The Labute approximate surface area is 197 Å². The van der Waals surface area contributed by atoms with Crippen molar-refractivity contribution in [3.8, 4) is 23.0 Å². The fraction of sp³-hybridized carbons (Fsp3) is 0.185. The van der Waals surface area contributed by atoms with Crippen LogP contribution in [0.2, 0.25) is 0 Å². The predicted molar refractivity (Wildman–Crippen MR) is 126 cm³/mol. The molecule has 0 unspecified atom stereocenters. The van der Waals surface area contributed by atoms with Gasteiger partial charge in [0.25, 0.3) is 0 Å². The molecule has 4 rings (SSSR count). The molecule has 1 aliphatic rings. The summed E-state index contributed by atoms with van der Waals surface area (Å²) in [7, 11) is 4.31. The molecule has 3 aromatic rings. The summed E-state index contributed by atoms with van der Waals surface area (Å²) in [6.45, 7) is 0.0947. The van der Waals surface area contributed by atoms with Crippen molar-refractivity contribution in [3.63, 3.8) is 0 Å². The molecule has 1 aliphatic heterocycles. The fourth-order valence-corrected chi connectivity index (χ4v) is 3.80. The zero-order valence-corrected chi connectivity index (χ0v) is 19.1. The number of esters is 1. The van der Waals surface area contributed by atoms with E-state index < -0.39 is 5.97 Å². The van der Waals surface area contributed by atoms with Crippen molar-refractivity contribution in [2.75, 3.05) is 28.1 Å². The van der Waals surface area contributed by atoms with Crippen LogP contribution in [0.1, 0.15) is 21.5 Å². The summed E-state index contributed by atoms with van der Waals surface area (Å²) in [5.41, 5.74) is 2.16. The molecule has 7 nitrogen and oxygen atoms in total. The van der Waals surface area contributed by atoms with E-state index in [0.717, 1.165) is 5.56 Å². The van der Waals surface area contributed by atoms with E-state index in [0.29, 0.717) is 34.1 Å².